The van der Waals surface area contributed by atoms with Gasteiger partial charge in [0.15, 0.2) is 0 Å². The number of carbonyl (C=O) groups excluding carboxylic acids is 1. The first kappa shape index (κ1) is 13.7. The molecule has 2 heterocycles. The molecule has 2 rings (SSSR count). The van der Waals surface area contributed by atoms with Gasteiger partial charge in [-0.15, -0.1) is 10.2 Å². The van der Waals surface area contributed by atoms with Crippen LogP contribution in [-0.2, 0) is 22.5 Å². The normalized spacial score (nSPS) is 12.4. The lowest BCUT2D eigenvalue weighted by Gasteiger charge is -2.06. The molecule has 0 N–H and O–H groups in total. The van der Waals surface area contributed by atoms with Crippen molar-refractivity contribution in [3.63, 3.8) is 0 Å². The number of esters is 1. The van der Waals surface area contributed by atoms with Gasteiger partial charge in [-0.25, -0.2) is 0 Å². The zero-order valence-corrected chi connectivity index (χ0v) is 12.1. The summed E-state index contributed by atoms with van der Waals surface area (Å²) in [6.07, 6.45) is 3.56. The van der Waals surface area contributed by atoms with Crippen LogP contribution in [0.3, 0.4) is 0 Å². The minimum atomic E-state index is -0.404. The summed E-state index contributed by atoms with van der Waals surface area (Å²) in [6, 6.07) is 0. The van der Waals surface area contributed by atoms with Crippen LogP contribution in [0.2, 0.25) is 0 Å². The summed E-state index contributed by atoms with van der Waals surface area (Å²) in [4.78, 5) is 11.1. The molecule has 0 radical (unpaired) electrons. The topological polar surface area (TPSA) is 83.0 Å². The van der Waals surface area contributed by atoms with E-state index in [1.807, 2.05) is 13.1 Å². The Morgan fingerprint density at radius 2 is 2.37 bits per heavy atom. The first-order valence-electron chi connectivity index (χ1n) is 5.65. The molecule has 0 bridgehead atoms. The third-order valence-corrected chi connectivity index (χ3v) is 2.90. The minimum Gasteiger partial charge on any atom is -0.469 e. The fourth-order valence-corrected chi connectivity index (χ4v) is 1.86. The lowest BCUT2D eigenvalue weighted by atomic mass is 10.2. The zero-order chi connectivity index (χ0) is 13.8. The first-order valence-corrected chi connectivity index (χ1v) is 6.45. The van der Waals surface area contributed by atoms with E-state index in [-0.39, 0.29) is 18.2 Å². The third kappa shape index (κ3) is 3.63. The van der Waals surface area contributed by atoms with Gasteiger partial charge in [-0.2, -0.15) is 5.10 Å². The summed E-state index contributed by atoms with van der Waals surface area (Å²) < 4.78 is 12.6. The summed E-state index contributed by atoms with van der Waals surface area (Å²) in [7, 11) is 1.32. The smallest absolute Gasteiger partial charge is 0.315 e. The predicted octanol–water partition coefficient (Wildman–Crippen LogP) is 1.55. The second-order valence-electron chi connectivity index (χ2n) is 4.07. The van der Waals surface area contributed by atoms with Crippen LogP contribution in [-0.4, -0.2) is 33.1 Å². The Morgan fingerprint density at radius 3 is 3.00 bits per heavy atom. The van der Waals surface area contributed by atoms with Crippen molar-refractivity contribution >= 4 is 21.9 Å². The molecule has 0 amide bonds. The average molecular weight is 329 g/mol. The SMILES string of the molecule is COC(=O)Cc1nnc(C(C)Cn2cc(Br)cn2)o1. The van der Waals surface area contributed by atoms with Crippen LogP contribution in [0.4, 0.5) is 0 Å². The van der Waals surface area contributed by atoms with E-state index in [0.29, 0.717) is 12.4 Å². The van der Waals surface area contributed by atoms with Gasteiger partial charge in [0.1, 0.15) is 6.42 Å². The monoisotopic (exact) mass is 328 g/mol. The summed E-state index contributed by atoms with van der Waals surface area (Å²) in [5.41, 5.74) is 0. The Kier molecular flexibility index (Phi) is 4.31. The van der Waals surface area contributed by atoms with Gasteiger partial charge in [0, 0.05) is 6.20 Å². The fourth-order valence-electron chi connectivity index (χ4n) is 1.53. The maximum absolute atomic E-state index is 11.1. The molecule has 2 aromatic heterocycles. The van der Waals surface area contributed by atoms with Gasteiger partial charge in [-0.3, -0.25) is 9.48 Å². The van der Waals surface area contributed by atoms with E-state index in [9.17, 15) is 4.79 Å². The maximum atomic E-state index is 11.1. The van der Waals surface area contributed by atoms with Crippen LogP contribution in [0.15, 0.2) is 21.3 Å². The van der Waals surface area contributed by atoms with E-state index < -0.39 is 5.97 Å². The Morgan fingerprint density at radius 1 is 1.58 bits per heavy atom. The van der Waals surface area contributed by atoms with Crippen LogP contribution < -0.4 is 0 Å². The largest absolute Gasteiger partial charge is 0.469 e. The number of hydrogen-bond donors (Lipinski definition) is 0. The molecule has 102 valence electrons. The number of aromatic nitrogens is 4. The summed E-state index contributed by atoms with van der Waals surface area (Å²) >= 11 is 3.33. The minimum absolute atomic E-state index is 0.00527. The van der Waals surface area contributed by atoms with E-state index in [2.05, 4.69) is 36.0 Å². The number of ether oxygens (including phenoxy) is 1. The van der Waals surface area contributed by atoms with Crippen molar-refractivity contribution in [3.8, 4) is 0 Å². The Bertz CT molecular complexity index is 566. The lowest BCUT2D eigenvalue weighted by molar-refractivity contribution is -0.140. The number of methoxy groups -OCH3 is 1. The van der Waals surface area contributed by atoms with Crippen molar-refractivity contribution in [2.45, 2.75) is 25.8 Å². The van der Waals surface area contributed by atoms with E-state index in [1.165, 1.54) is 7.11 Å². The van der Waals surface area contributed by atoms with Crippen molar-refractivity contribution in [2.24, 2.45) is 0 Å². The molecule has 0 fully saturated rings. The number of halogens is 1. The van der Waals surface area contributed by atoms with Crippen molar-refractivity contribution in [3.05, 3.63) is 28.6 Å². The highest BCUT2D eigenvalue weighted by Gasteiger charge is 2.17. The molecule has 7 nitrogen and oxygen atoms in total. The zero-order valence-electron chi connectivity index (χ0n) is 10.5. The van der Waals surface area contributed by atoms with Crippen LogP contribution in [0.25, 0.3) is 0 Å². The molecule has 8 heteroatoms. The van der Waals surface area contributed by atoms with Gasteiger partial charge in [-0.05, 0) is 15.9 Å². The molecule has 0 aromatic carbocycles. The Hall–Kier alpha value is -1.70. The number of hydrogen-bond acceptors (Lipinski definition) is 6. The van der Waals surface area contributed by atoms with Crippen LogP contribution >= 0.6 is 15.9 Å². The van der Waals surface area contributed by atoms with Gasteiger partial charge in [0.2, 0.25) is 11.8 Å². The first-order chi connectivity index (χ1) is 9.08. The Balaban J connectivity index is 1.99. The van der Waals surface area contributed by atoms with Gasteiger partial charge in [0.05, 0.1) is 30.2 Å². The van der Waals surface area contributed by atoms with Crippen molar-refractivity contribution in [1.82, 2.24) is 20.0 Å². The van der Waals surface area contributed by atoms with Gasteiger partial charge in [0.25, 0.3) is 0 Å². The van der Waals surface area contributed by atoms with Crippen molar-refractivity contribution in [1.29, 1.82) is 0 Å². The number of carbonyl (C=O) groups is 1. The van der Waals surface area contributed by atoms with E-state index in [1.54, 1.807) is 10.9 Å². The molecule has 0 aliphatic rings. The summed E-state index contributed by atoms with van der Waals surface area (Å²) in [5.74, 6) is 0.338. The highest BCUT2D eigenvalue weighted by molar-refractivity contribution is 9.10. The molecule has 0 saturated heterocycles. The van der Waals surface area contributed by atoms with Crippen molar-refractivity contribution in [2.75, 3.05) is 7.11 Å². The quantitative estimate of drug-likeness (QED) is 0.774. The van der Waals surface area contributed by atoms with Gasteiger partial charge in [-0.1, -0.05) is 6.92 Å². The predicted molar refractivity (Wildman–Crippen MR) is 68.4 cm³/mol. The Labute approximate surface area is 118 Å². The molecular weight excluding hydrogens is 316 g/mol. The summed E-state index contributed by atoms with van der Waals surface area (Å²) in [5, 5.41) is 11.9. The maximum Gasteiger partial charge on any atom is 0.315 e. The molecule has 0 saturated carbocycles. The summed E-state index contributed by atoms with van der Waals surface area (Å²) in [6.45, 7) is 2.57. The highest BCUT2D eigenvalue weighted by Crippen LogP contribution is 2.17. The molecule has 2 aromatic rings. The van der Waals surface area contributed by atoms with Crippen LogP contribution in [0.1, 0.15) is 24.6 Å². The second-order valence-corrected chi connectivity index (χ2v) is 4.98. The van der Waals surface area contributed by atoms with E-state index in [4.69, 9.17) is 4.42 Å². The average Bonchev–Trinajstić information content (AvgIpc) is 2.98. The molecule has 19 heavy (non-hydrogen) atoms. The molecule has 1 atom stereocenters. The van der Waals surface area contributed by atoms with Gasteiger partial charge < -0.3 is 9.15 Å². The van der Waals surface area contributed by atoms with E-state index >= 15 is 0 Å². The van der Waals surface area contributed by atoms with Crippen LogP contribution in [0.5, 0.6) is 0 Å². The van der Waals surface area contributed by atoms with Crippen LogP contribution in [0, 0.1) is 0 Å². The molecule has 0 spiro atoms. The number of nitrogens with zero attached hydrogens (tertiary/aromatic N) is 4. The second kappa shape index (κ2) is 5.96. The van der Waals surface area contributed by atoms with Gasteiger partial charge >= 0.3 is 5.97 Å². The fraction of sp³-hybridized carbons (Fsp3) is 0.455. The molecule has 1 unspecified atom stereocenters. The lowest BCUT2D eigenvalue weighted by Crippen LogP contribution is -2.07. The highest BCUT2D eigenvalue weighted by atomic mass is 79.9. The third-order valence-electron chi connectivity index (χ3n) is 2.49. The molecule has 0 aliphatic heterocycles. The standard InChI is InChI=1S/C11H13BrN4O3/c1-7(5-16-6-8(12)4-13-16)11-15-14-9(19-11)3-10(17)18-2/h4,6-7H,3,5H2,1-2H3. The number of rotatable bonds is 5. The van der Waals surface area contributed by atoms with Crippen molar-refractivity contribution < 1.29 is 13.9 Å². The van der Waals surface area contributed by atoms with E-state index in [0.717, 1.165) is 4.47 Å². The molecule has 0 aliphatic carbocycles. The molecular formula is C11H13BrN4O3.